The summed E-state index contributed by atoms with van der Waals surface area (Å²) in [6.45, 7) is 3.93. The van der Waals surface area contributed by atoms with Gasteiger partial charge in [0, 0.05) is 58.0 Å². The summed E-state index contributed by atoms with van der Waals surface area (Å²) in [5, 5.41) is 0. The Bertz CT molecular complexity index is 852. The van der Waals surface area contributed by atoms with Crippen LogP contribution < -0.4 is 4.90 Å². The molecule has 2 aromatic rings. The van der Waals surface area contributed by atoms with Crippen LogP contribution in [0.4, 0.5) is 5.69 Å². The predicted octanol–water partition coefficient (Wildman–Crippen LogP) is 0.913. The molecule has 0 N–H and O–H groups in total. The van der Waals surface area contributed by atoms with Crippen LogP contribution in [0.5, 0.6) is 0 Å². The molecule has 0 spiro atoms. The highest BCUT2D eigenvalue weighted by Crippen LogP contribution is 2.16. The molecule has 3 heterocycles. The number of rotatable bonds is 2. The number of carbonyl (C=O) groups is 3. The molecule has 0 aliphatic carbocycles. The Morgan fingerprint density at radius 2 is 1.21 bits per heavy atom. The maximum atomic E-state index is 12.7. The van der Waals surface area contributed by atoms with Crippen LogP contribution in [0.3, 0.4) is 0 Å². The molecular weight excluding hydrogens is 372 g/mol. The monoisotopic (exact) mass is 396 g/mol. The van der Waals surface area contributed by atoms with Gasteiger partial charge in [-0.3, -0.25) is 14.4 Å². The first-order valence-corrected chi connectivity index (χ1v) is 9.84. The molecule has 3 amide bonds. The molecule has 4 rings (SSSR count). The third-order valence-electron chi connectivity index (χ3n) is 5.46. The molecule has 8 heteroatoms. The third kappa shape index (κ3) is 4.11. The summed E-state index contributed by atoms with van der Waals surface area (Å²) in [7, 11) is 0. The average molecular weight is 396 g/mol. The van der Waals surface area contributed by atoms with Crippen LogP contribution in [-0.2, 0) is 9.59 Å². The standard InChI is InChI=1S/C21H24N4O4/c26-19(18-7-4-16-29-18)23-12-14-25(15-13-23)21(28)20(27)24-10-8-22(9-11-24)17-5-2-1-3-6-17/h1-7,16H,8-15H2. The Morgan fingerprint density at radius 1 is 0.655 bits per heavy atom. The minimum absolute atomic E-state index is 0.189. The number of piperazine rings is 2. The molecule has 152 valence electrons. The van der Waals surface area contributed by atoms with E-state index in [-0.39, 0.29) is 11.7 Å². The second kappa shape index (κ2) is 8.38. The third-order valence-corrected chi connectivity index (χ3v) is 5.46. The van der Waals surface area contributed by atoms with Crippen molar-refractivity contribution in [1.82, 2.24) is 14.7 Å². The van der Waals surface area contributed by atoms with Crippen LogP contribution in [0.2, 0.25) is 0 Å². The Labute approximate surface area is 169 Å². The first kappa shape index (κ1) is 19.0. The van der Waals surface area contributed by atoms with Gasteiger partial charge in [0.05, 0.1) is 6.26 Å². The molecule has 0 radical (unpaired) electrons. The number of para-hydroxylation sites is 1. The smallest absolute Gasteiger partial charge is 0.312 e. The van der Waals surface area contributed by atoms with E-state index in [9.17, 15) is 14.4 Å². The van der Waals surface area contributed by atoms with Gasteiger partial charge < -0.3 is 24.0 Å². The number of hydrogen-bond acceptors (Lipinski definition) is 5. The minimum atomic E-state index is -0.483. The van der Waals surface area contributed by atoms with Gasteiger partial charge in [-0.2, -0.15) is 0 Å². The molecule has 1 aromatic carbocycles. The second-order valence-corrected chi connectivity index (χ2v) is 7.18. The van der Waals surface area contributed by atoms with E-state index in [4.69, 9.17) is 4.42 Å². The number of amides is 3. The normalized spacial score (nSPS) is 17.4. The van der Waals surface area contributed by atoms with Crippen molar-refractivity contribution in [2.24, 2.45) is 0 Å². The van der Waals surface area contributed by atoms with Crippen LogP contribution in [-0.4, -0.2) is 84.8 Å². The lowest BCUT2D eigenvalue weighted by Crippen LogP contribution is -2.57. The van der Waals surface area contributed by atoms with Gasteiger partial charge in [-0.1, -0.05) is 18.2 Å². The van der Waals surface area contributed by atoms with E-state index in [1.165, 1.54) is 11.2 Å². The van der Waals surface area contributed by atoms with Gasteiger partial charge in [0.2, 0.25) is 0 Å². The maximum Gasteiger partial charge on any atom is 0.312 e. The van der Waals surface area contributed by atoms with E-state index in [0.29, 0.717) is 52.4 Å². The summed E-state index contributed by atoms with van der Waals surface area (Å²) in [5.41, 5.74) is 1.13. The molecule has 2 aliphatic rings. The molecule has 2 aliphatic heterocycles. The number of anilines is 1. The predicted molar refractivity (Wildman–Crippen MR) is 106 cm³/mol. The molecule has 0 unspecified atom stereocenters. The molecule has 1 aromatic heterocycles. The van der Waals surface area contributed by atoms with Crippen LogP contribution >= 0.6 is 0 Å². The van der Waals surface area contributed by atoms with Crippen molar-refractivity contribution < 1.29 is 18.8 Å². The van der Waals surface area contributed by atoms with E-state index < -0.39 is 11.8 Å². The van der Waals surface area contributed by atoms with Crippen molar-refractivity contribution in [3.8, 4) is 0 Å². The molecule has 2 fully saturated rings. The van der Waals surface area contributed by atoms with Crippen molar-refractivity contribution in [3.05, 3.63) is 54.5 Å². The first-order valence-electron chi connectivity index (χ1n) is 9.84. The highest BCUT2D eigenvalue weighted by molar-refractivity contribution is 6.35. The quantitative estimate of drug-likeness (QED) is 0.706. The number of carbonyl (C=O) groups excluding carboxylic acids is 3. The van der Waals surface area contributed by atoms with E-state index in [1.54, 1.807) is 21.9 Å². The SMILES string of the molecule is O=C(C(=O)N1CCN(c2ccccc2)CC1)N1CCN(C(=O)c2ccco2)CC1. The highest BCUT2D eigenvalue weighted by Gasteiger charge is 2.32. The molecular formula is C21H24N4O4. The van der Waals surface area contributed by atoms with Crippen molar-refractivity contribution in [2.75, 3.05) is 57.3 Å². The molecule has 0 atom stereocenters. The van der Waals surface area contributed by atoms with E-state index in [2.05, 4.69) is 4.90 Å². The first-order chi connectivity index (χ1) is 14.1. The van der Waals surface area contributed by atoms with Gasteiger partial charge >= 0.3 is 11.8 Å². The van der Waals surface area contributed by atoms with Crippen molar-refractivity contribution in [3.63, 3.8) is 0 Å². The summed E-state index contributed by atoms with van der Waals surface area (Å²) in [5.74, 6) is -0.839. The largest absolute Gasteiger partial charge is 0.459 e. The highest BCUT2D eigenvalue weighted by atomic mass is 16.3. The fourth-order valence-electron chi connectivity index (χ4n) is 3.75. The van der Waals surface area contributed by atoms with Crippen LogP contribution in [0.15, 0.2) is 53.1 Å². The summed E-state index contributed by atoms with van der Waals surface area (Å²) in [4.78, 5) is 44.7. The number of benzene rings is 1. The number of furan rings is 1. The van der Waals surface area contributed by atoms with Crippen molar-refractivity contribution in [2.45, 2.75) is 0 Å². The molecule has 0 bridgehead atoms. The Morgan fingerprint density at radius 3 is 1.76 bits per heavy atom. The molecule has 8 nitrogen and oxygen atoms in total. The van der Waals surface area contributed by atoms with E-state index in [0.717, 1.165) is 5.69 Å². The summed E-state index contributed by atoms with van der Waals surface area (Å²) < 4.78 is 5.14. The molecule has 29 heavy (non-hydrogen) atoms. The molecule has 0 saturated carbocycles. The number of hydrogen-bond donors (Lipinski definition) is 0. The zero-order valence-corrected chi connectivity index (χ0v) is 16.2. The van der Waals surface area contributed by atoms with Crippen molar-refractivity contribution in [1.29, 1.82) is 0 Å². The zero-order valence-electron chi connectivity index (χ0n) is 16.2. The van der Waals surface area contributed by atoms with Crippen molar-refractivity contribution >= 4 is 23.4 Å². The fourth-order valence-corrected chi connectivity index (χ4v) is 3.75. The summed E-state index contributed by atoms with van der Waals surface area (Å²) in [6.07, 6.45) is 1.46. The van der Waals surface area contributed by atoms with Gasteiger partial charge in [-0.05, 0) is 24.3 Å². The zero-order chi connectivity index (χ0) is 20.2. The van der Waals surface area contributed by atoms with E-state index in [1.807, 2.05) is 30.3 Å². The van der Waals surface area contributed by atoms with Gasteiger partial charge in [-0.15, -0.1) is 0 Å². The topological polar surface area (TPSA) is 77.3 Å². The van der Waals surface area contributed by atoms with Crippen LogP contribution in [0.25, 0.3) is 0 Å². The van der Waals surface area contributed by atoms with E-state index >= 15 is 0 Å². The Balaban J connectivity index is 1.27. The lowest BCUT2D eigenvalue weighted by Gasteiger charge is -2.38. The summed E-state index contributed by atoms with van der Waals surface area (Å²) >= 11 is 0. The van der Waals surface area contributed by atoms with Crippen LogP contribution in [0, 0.1) is 0 Å². The van der Waals surface area contributed by atoms with Gasteiger partial charge in [0.25, 0.3) is 5.91 Å². The Kier molecular flexibility index (Phi) is 5.50. The van der Waals surface area contributed by atoms with Gasteiger partial charge in [0.15, 0.2) is 5.76 Å². The molecule has 2 saturated heterocycles. The lowest BCUT2D eigenvalue weighted by atomic mass is 10.2. The second-order valence-electron chi connectivity index (χ2n) is 7.18. The number of nitrogens with zero attached hydrogens (tertiary/aromatic N) is 4. The maximum absolute atomic E-state index is 12.7. The van der Waals surface area contributed by atoms with Crippen LogP contribution in [0.1, 0.15) is 10.6 Å². The van der Waals surface area contributed by atoms with Gasteiger partial charge in [0.1, 0.15) is 0 Å². The summed E-state index contributed by atoms with van der Waals surface area (Å²) in [6, 6.07) is 13.4. The Hall–Kier alpha value is -3.29. The fraction of sp³-hybridized carbons (Fsp3) is 0.381. The van der Waals surface area contributed by atoms with Gasteiger partial charge in [-0.25, -0.2) is 0 Å². The average Bonchev–Trinajstić information content (AvgIpc) is 3.33. The minimum Gasteiger partial charge on any atom is -0.459 e. The lowest BCUT2D eigenvalue weighted by molar-refractivity contribution is -0.152.